The zero-order valence-corrected chi connectivity index (χ0v) is 49.1. The van der Waals surface area contributed by atoms with Gasteiger partial charge in [0.05, 0.1) is 82.8 Å². The Kier molecular flexibility index (Phi) is 27.4. The van der Waals surface area contributed by atoms with Crippen molar-refractivity contribution in [3.05, 3.63) is 100 Å². The van der Waals surface area contributed by atoms with Crippen LogP contribution in [0.2, 0.25) is 0 Å². The zero-order chi connectivity index (χ0) is 60.1. The maximum atomic E-state index is 14.4. The van der Waals surface area contributed by atoms with Crippen molar-refractivity contribution in [3.63, 3.8) is 0 Å². The number of hydrogen-bond donors (Lipinski definition) is 0. The van der Waals surface area contributed by atoms with Crippen LogP contribution in [-0.4, -0.2) is 183 Å². The summed E-state index contributed by atoms with van der Waals surface area (Å²) in [7, 11) is 1.53. The molecule has 15 atom stereocenters. The van der Waals surface area contributed by atoms with Crippen LogP contribution < -0.4 is 9.47 Å². The van der Waals surface area contributed by atoms with E-state index < -0.39 is 132 Å². The topological polar surface area (TPSA) is 225 Å². The van der Waals surface area contributed by atoms with Crippen LogP contribution in [0, 0.1) is 16.2 Å². The van der Waals surface area contributed by atoms with Gasteiger partial charge in [0.15, 0.2) is 37.0 Å². The van der Waals surface area contributed by atoms with Gasteiger partial charge < -0.3 is 80.5 Å². The van der Waals surface area contributed by atoms with E-state index in [1.165, 1.54) is 44.4 Å². The summed E-state index contributed by atoms with van der Waals surface area (Å²) in [6.45, 7) is 38.5. The molecule has 0 amide bonds. The Labute approximate surface area is 478 Å². The molecule has 0 unspecified atom stereocenters. The molecule has 0 radical (unpaired) electrons. The van der Waals surface area contributed by atoms with Gasteiger partial charge in [-0.05, 0) is 86.6 Å². The number of methoxy groups -OCH3 is 1. The van der Waals surface area contributed by atoms with Crippen LogP contribution in [0.3, 0.4) is 0 Å². The van der Waals surface area contributed by atoms with Crippen molar-refractivity contribution in [2.45, 2.75) is 161 Å². The summed E-state index contributed by atoms with van der Waals surface area (Å²) >= 11 is 0. The van der Waals surface area contributed by atoms with E-state index in [2.05, 4.69) is 39.5 Å². The van der Waals surface area contributed by atoms with E-state index in [0.717, 1.165) is 0 Å². The summed E-state index contributed by atoms with van der Waals surface area (Å²) in [6.07, 6.45) is -11.1. The molecule has 4 rings (SSSR count). The molecular weight excluding hydrogens is 1060 g/mol. The van der Waals surface area contributed by atoms with Gasteiger partial charge in [-0.1, -0.05) is 36.5 Å². The van der Waals surface area contributed by atoms with Gasteiger partial charge >= 0.3 is 23.9 Å². The highest BCUT2D eigenvalue weighted by Crippen LogP contribution is 2.40. The van der Waals surface area contributed by atoms with Gasteiger partial charge in [-0.3, -0.25) is 19.2 Å². The smallest absolute Gasteiger partial charge is 0.311 e. The molecule has 1 aromatic rings. The number of esters is 4. The fraction of sp³-hybridized carbons (Fsp3) is 0.633. The third kappa shape index (κ3) is 20.2. The van der Waals surface area contributed by atoms with Gasteiger partial charge in [0, 0.05) is 6.92 Å². The summed E-state index contributed by atoms with van der Waals surface area (Å²) in [5.41, 5.74) is -3.23. The quantitative estimate of drug-likeness (QED) is 0.0302. The second kappa shape index (κ2) is 32.5. The summed E-state index contributed by atoms with van der Waals surface area (Å²) in [6, 6.07) is 6.71. The average molecular weight is 1150 g/mol. The standard InChI is InChI=1S/C60H88O21/c1-18-28-66-34-40-43(72-37(7)61)46(69-31-21-4)50(80-56(63)59(11,12)13)53(75-40)78-45-42(36-68-30-20-3)76-54(51(48(45)71-33-23-6)81-57(64)60(14,15)16)77-44-41(35-67-29-19-2)74-52(73-39-26-24-38(65-17)25-27-39)49(47(44)70-32-22-5)79-55(62)58(8,9)10/h18-27,40-54H,1-6,28-36H2,7-17H3/t40-,41-,42-,43+,44+,45+,46+,47+,48+,49-,50-,51-,52-,53+,54+/m1/s1. The lowest BCUT2D eigenvalue weighted by Crippen LogP contribution is -2.69. The number of benzene rings is 1. The molecular formula is C60H88O21. The summed E-state index contributed by atoms with van der Waals surface area (Å²) in [5.74, 6) is -1.82. The average Bonchev–Trinajstić information content (AvgIpc) is 3.59. The van der Waals surface area contributed by atoms with Gasteiger partial charge in [-0.2, -0.15) is 0 Å². The number of rotatable bonds is 32. The van der Waals surface area contributed by atoms with Crippen molar-refractivity contribution >= 4 is 23.9 Å². The van der Waals surface area contributed by atoms with Gasteiger partial charge in [0.25, 0.3) is 0 Å². The highest BCUT2D eigenvalue weighted by atomic mass is 16.8. The van der Waals surface area contributed by atoms with Gasteiger partial charge in [-0.15, -0.1) is 39.5 Å². The summed E-state index contributed by atoms with van der Waals surface area (Å²) in [5, 5.41) is 0. The van der Waals surface area contributed by atoms with Crippen LogP contribution in [-0.2, 0) is 90.2 Å². The van der Waals surface area contributed by atoms with Gasteiger partial charge in [0.1, 0.15) is 60.3 Å². The number of ether oxygens (including phenoxy) is 17. The minimum absolute atomic E-state index is 0.0295. The van der Waals surface area contributed by atoms with Crippen molar-refractivity contribution < 1.29 is 99.7 Å². The molecule has 0 aromatic heterocycles. The van der Waals surface area contributed by atoms with Gasteiger partial charge in [0.2, 0.25) is 6.29 Å². The normalized spacial score (nSPS) is 28.8. The minimum atomic E-state index is -1.62. The molecule has 3 fully saturated rings. The van der Waals surface area contributed by atoms with E-state index >= 15 is 0 Å². The zero-order valence-electron chi connectivity index (χ0n) is 49.1. The van der Waals surface area contributed by atoms with Crippen molar-refractivity contribution in [1.82, 2.24) is 0 Å². The van der Waals surface area contributed by atoms with E-state index in [9.17, 15) is 19.2 Å². The summed E-state index contributed by atoms with van der Waals surface area (Å²) in [4.78, 5) is 55.3. The lowest BCUT2D eigenvalue weighted by Gasteiger charge is -2.51. The van der Waals surface area contributed by atoms with Crippen LogP contribution in [0.5, 0.6) is 11.5 Å². The van der Waals surface area contributed by atoms with E-state index in [1.54, 1.807) is 92.7 Å². The first-order valence-corrected chi connectivity index (χ1v) is 27.0. The molecule has 3 aliphatic rings. The summed E-state index contributed by atoms with van der Waals surface area (Å²) < 4.78 is 109. The maximum Gasteiger partial charge on any atom is 0.311 e. The Bertz CT molecular complexity index is 2190. The Hall–Kier alpha value is -5.30. The fourth-order valence-corrected chi connectivity index (χ4v) is 8.30. The second-order valence-electron chi connectivity index (χ2n) is 22.3. The first-order chi connectivity index (χ1) is 38.4. The first kappa shape index (κ1) is 68.2. The molecule has 81 heavy (non-hydrogen) atoms. The van der Waals surface area contributed by atoms with Gasteiger partial charge in [-0.25, -0.2) is 0 Å². The molecule has 0 N–H and O–H groups in total. The molecule has 3 aliphatic heterocycles. The second-order valence-corrected chi connectivity index (χ2v) is 22.3. The maximum absolute atomic E-state index is 14.4. The minimum Gasteiger partial charge on any atom is -0.497 e. The molecule has 3 heterocycles. The lowest BCUT2D eigenvalue weighted by molar-refractivity contribution is -0.383. The Morgan fingerprint density at radius 2 is 0.741 bits per heavy atom. The molecule has 0 spiro atoms. The third-order valence-electron chi connectivity index (χ3n) is 12.3. The molecule has 454 valence electrons. The van der Waals surface area contributed by atoms with Crippen LogP contribution in [0.4, 0.5) is 0 Å². The monoisotopic (exact) mass is 1140 g/mol. The fourth-order valence-electron chi connectivity index (χ4n) is 8.30. The number of hydrogen-bond acceptors (Lipinski definition) is 21. The highest BCUT2D eigenvalue weighted by molar-refractivity contribution is 5.76. The van der Waals surface area contributed by atoms with Crippen LogP contribution in [0.1, 0.15) is 69.2 Å². The van der Waals surface area contributed by atoms with Crippen molar-refractivity contribution in [2.75, 3.05) is 66.6 Å². The van der Waals surface area contributed by atoms with Crippen molar-refractivity contribution in [3.8, 4) is 11.5 Å². The van der Waals surface area contributed by atoms with Crippen LogP contribution >= 0.6 is 0 Å². The molecule has 3 saturated heterocycles. The Morgan fingerprint density at radius 3 is 1.06 bits per heavy atom. The molecule has 0 saturated carbocycles. The largest absolute Gasteiger partial charge is 0.497 e. The lowest BCUT2D eigenvalue weighted by atomic mass is 9.93. The molecule has 1 aromatic carbocycles. The molecule has 21 nitrogen and oxygen atoms in total. The third-order valence-corrected chi connectivity index (χ3v) is 12.3. The highest BCUT2D eigenvalue weighted by Gasteiger charge is 2.59. The first-order valence-electron chi connectivity index (χ1n) is 27.0. The Balaban J connectivity index is 2.01. The predicted octanol–water partition coefficient (Wildman–Crippen LogP) is 7.15. The van der Waals surface area contributed by atoms with E-state index in [-0.39, 0.29) is 59.5 Å². The van der Waals surface area contributed by atoms with E-state index in [1.807, 2.05) is 0 Å². The van der Waals surface area contributed by atoms with E-state index in [4.69, 9.17) is 80.5 Å². The SMILES string of the molecule is C=CCOC[C@H]1O[C@@H](O[C@@H]2[C@H](OCC=C)[C@@H](OC(=O)C(C)(C)C)[C@H](O[C@@H]3[C@H](OCC=C)[C@@H](OC(=O)C(C)(C)C)[C@H](Oc4ccc(OC)cc4)O[C@@H]3COCC=C)O[C@@H]2COCC=C)[C@H](OC(=O)C(C)(C)C)[C@@H](OCC=C)[C@H]1OC(C)=O. The predicted molar refractivity (Wildman–Crippen MR) is 296 cm³/mol. The molecule has 0 aliphatic carbocycles. The van der Waals surface area contributed by atoms with Crippen LogP contribution in [0.15, 0.2) is 100 Å². The number of carbonyl (C=O) groups is 4. The molecule has 0 bridgehead atoms. The number of carbonyl (C=O) groups excluding carboxylic acids is 4. The van der Waals surface area contributed by atoms with Crippen LogP contribution in [0.25, 0.3) is 0 Å². The van der Waals surface area contributed by atoms with Crippen molar-refractivity contribution in [2.24, 2.45) is 16.2 Å². The van der Waals surface area contributed by atoms with E-state index in [0.29, 0.717) is 11.5 Å². The molecule has 21 heteroatoms. The Morgan fingerprint density at radius 1 is 0.432 bits per heavy atom. The van der Waals surface area contributed by atoms with Crippen molar-refractivity contribution in [1.29, 1.82) is 0 Å².